The molecule has 0 bridgehead atoms. The zero-order valence-corrected chi connectivity index (χ0v) is 17.1. The summed E-state index contributed by atoms with van der Waals surface area (Å²) in [6.45, 7) is 1.48. The number of hydrogen-bond acceptors (Lipinski definition) is 6. The molecule has 0 aliphatic heterocycles. The lowest BCUT2D eigenvalue weighted by Crippen LogP contribution is -2.21. The van der Waals surface area contributed by atoms with Crippen LogP contribution in [0.5, 0.6) is 0 Å². The SMILES string of the molecule is CCS(=O)(=O)Nc1cc(-c2cnc3c(N)cc(Cl)cn23)c[nH]c1=O.O=C(O)C(F)(F)F. The van der Waals surface area contributed by atoms with Crippen LogP contribution in [0.4, 0.5) is 24.5 Å². The van der Waals surface area contributed by atoms with Crippen LogP contribution in [0, 0.1) is 0 Å². The molecular weight excluding hydrogens is 467 g/mol. The van der Waals surface area contributed by atoms with Gasteiger partial charge in [-0.1, -0.05) is 11.6 Å². The molecular formula is C16H15ClF3N5O5S. The molecule has 168 valence electrons. The number of fused-ring (bicyclic) bond motifs is 1. The number of imidazole rings is 1. The van der Waals surface area contributed by atoms with E-state index in [1.165, 1.54) is 19.2 Å². The summed E-state index contributed by atoms with van der Waals surface area (Å²) in [5, 5.41) is 7.55. The number of aliphatic carboxylic acids is 1. The molecule has 0 aliphatic rings. The third kappa shape index (κ3) is 5.88. The van der Waals surface area contributed by atoms with Gasteiger partial charge in [-0.2, -0.15) is 13.2 Å². The predicted molar refractivity (Wildman–Crippen MR) is 107 cm³/mol. The van der Waals surface area contributed by atoms with Crippen molar-refractivity contribution in [2.45, 2.75) is 13.1 Å². The predicted octanol–water partition coefficient (Wildman–Crippen LogP) is 2.32. The summed E-state index contributed by atoms with van der Waals surface area (Å²) in [5.41, 5.74) is 7.35. The summed E-state index contributed by atoms with van der Waals surface area (Å²) >= 11 is 6.02. The normalized spacial score (nSPS) is 11.6. The molecule has 0 unspecified atom stereocenters. The highest BCUT2D eigenvalue weighted by Gasteiger charge is 2.38. The molecule has 3 rings (SSSR count). The highest BCUT2D eigenvalue weighted by Crippen LogP contribution is 2.26. The molecule has 10 nitrogen and oxygen atoms in total. The number of nitrogens with one attached hydrogen (secondary N) is 2. The van der Waals surface area contributed by atoms with Crippen molar-refractivity contribution in [3.05, 3.63) is 46.1 Å². The molecule has 0 spiro atoms. The molecule has 3 aromatic rings. The average Bonchev–Trinajstić information content (AvgIpc) is 3.07. The lowest BCUT2D eigenvalue weighted by molar-refractivity contribution is -0.192. The number of hydrogen-bond donors (Lipinski definition) is 4. The number of pyridine rings is 2. The lowest BCUT2D eigenvalue weighted by atomic mass is 10.2. The molecule has 0 radical (unpaired) electrons. The van der Waals surface area contributed by atoms with Gasteiger partial charge in [0.2, 0.25) is 10.0 Å². The van der Waals surface area contributed by atoms with Crippen molar-refractivity contribution in [1.82, 2.24) is 14.4 Å². The van der Waals surface area contributed by atoms with E-state index >= 15 is 0 Å². The lowest BCUT2D eigenvalue weighted by Gasteiger charge is -2.08. The van der Waals surface area contributed by atoms with Crippen LogP contribution >= 0.6 is 11.6 Å². The van der Waals surface area contributed by atoms with Crippen LogP contribution in [0.25, 0.3) is 16.9 Å². The van der Waals surface area contributed by atoms with Crippen LogP contribution in [0.3, 0.4) is 0 Å². The van der Waals surface area contributed by atoms with Gasteiger partial charge >= 0.3 is 12.1 Å². The summed E-state index contributed by atoms with van der Waals surface area (Å²) in [6.07, 6.45) is -0.420. The quantitative estimate of drug-likeness (QED) is 0.444. The maximum Gasteiger partial charge on any atom is 0.490 e. The molecule has 3 aromatic heterocycles. The van der Waals surface area contributed by atoms with Gasteiger partial charge in [0.25, 0.3) is 5.56 Å². The minimum atomic E-state index is -5.08. The van der Waals surface area contributed by atoms with Gasteiger partial charge in [0, 0.05) is 18.0 Å². The Kier molecular flexibility index (Phi) is 6.86. The Hall–Kier alpha value is -3.26. The Morgan fingerprint density at radius 3 is 2.55 bits per heavy atom. The number of nitrogens with two attached hydrogens (primary N) is 1. The zero-order chi connectivity index (χ0) is 23.6. The minimum Gasteiger partial charge on any atom is -0.475 e. The second kappa shape index (κ2) is 8.85. The van der Waals surface area contributed by atoms with Crippen molar-refractivity contribution in [2.75, 3.05) is 16.2 Å². The molecule has 0 aromatic carbocycles. The number of carboxylic acids is 1. The van der Waals surface area contributed by atoms with E-state index in [2.05, 4.69) is 14.7 Å². The van der Waals surface area contributed by atoms with E-state index in [1.807, 2.05) is 0 Å². The largest absolute Gasteiger partial charge is 0.490 e. The van der Waals surface area contributed by atoms with Gasteiger partial charge in [0.05, 0.1) is 28.4 Å². The van der Waals surface area contributed by atoms with Gasteiger partial charge in [0.15, 0.2) is 5.65 Å². The van der Waals surface area contributed by atoms with Crippen molar-refractivity contribution in [2.24, 2.45) is 0 Å². The number of carboxylic acid groups (broad SMARTS) is 1. The topological polar surface area (TPSA) is 160 Å². The number of H-pyrrole nitrogens is 1. The first-order valence-electron chi connectivity index (χ1n) is 8.21. The highest BCUT2D eigenvalue weighted by molar-refractivity contribution is 7.92. The van der Waals surface area contributed by atoms with Crippen molar-refractivity contribution in [3.8, 4) is 11.3 Å². The first-order chi connectivity index (χ1) is 14.2. The van der Waals surface area contributed by atoms with Crippen LogP contribution in [0.15, 0.2) is 35.5 Å². The van der Waals surface area contributed by atoms with Crippen LogP contribution in [-0.4, -0.2) is 45.8 Å². The molecule has 15 heteroatoms. The number of anilines is 2. The number of carbonyl (C=O) groups is 1. The van der Waals surface area contributed by atoms with E-state index in [9.17, 15) is 26.4 Å². The van der Waals surface area contributed by atoms with E-state index in [4.69, 9.17) is 27.2 Å². The molecule has 0 saturated heterocycles. The molecule has 31 heavy (non-hydrogen) atoms. The van der Waals surface area contributed by atoms with E-state index in [0.29, 0.717) is 27.6 Å². The van der Waals surface area contributed by atoms with Gasteiger partial charge in [-0.25, -0.2) is 18.2 Å². The molecule has 0 saturated carbocycles. The molecule has 0 atom stereocenters. The number of nitrogens with zero attached hydrogens (tertiary/aromatic N) is 2. The Morgan fingerprint density at radius 2 is 2.00 bits per heavy atom. The van der Waals surface area contributed by atoms with E-state index in [0.717, 1.165) is 0 Å². The minimum absolute atomic E-state index is 0.0701. The Labute approximate surface area is 177 Å². The molecule has 3 heterocycles. The number of aromatic nitrogens is 3. The van der Waals surface area contributed by atoms with Crippen LogP contribution in [0.2, 0.25) is 5.02 Å². The number of alkyl halides is 3. The summed E-state index contributed by atoms with van der Waals surface area (Å²) in [6, 6.07) is 3.02. The van der Waals surface area contributed by atoms with Crippen LogP contribution in [0.1, 0.15) is 6.92 Å². The second-order valence-corrected chi connectivity index (χ2v) is 8.34. The fourth-order valence-electron chi connectivity index (χ4n) is 2.24. The van der Waals surface area contributed by atoms with E-state index in [-0.39, 0.29) is 11.4 Å². The van der Waals surface area contributed by atoms with Gasteiger partial charge in [-0.05, 0) is 19.1 Å². The molecule has 0 aliphatic carbocycles. The Balaban J connectivity index is 0.000000423. The van der Waals surface area contributed by atoms with Gasteiger partial charge < -0.3 is 15.8 Å². The van der Waals surface area contributed by atoms with E-state index in [1.54, 1.807) is 22.9 Å². The first kappa shape index (κ1) is 24.0. The number of nitrogen functional groups attached to an aromatic ring is 1. The highest BCUT2D eigenvalue weighted by atomic mass is 35.5. The summed E-state index contributed by atoms with van der Waals surface area (Å²) in [5.74, 6) is -2.90. The Bertz CT molecular complexity index is 1290. The maximum atomic E-state index is 11.9. The summed E-state index contributed by atoms with van der Waals surface area (Å²) in [4.78, 5) is 27.5. The molecule has 5 N–H and O–H groups in total. The monoisotopic (exact) mass is 481 g/mol. The smallest absolute Gasteiger partial charge is 0.475 e. The molecule has 0 fully saturated rings. The summed E-state index contributed by atoms with van der Waals surface area (Å²) in [7, 11) is -3.57. The average molecular weight is 482 g/mol. The van der Waals surface area contributed by atoms with Crippen LogP contribution in [-0.2, 0) is 14.8 Å². The number of aromatic amines is 1. The number of sulfonamides is 1. The number of halogens is 4. The second-order valence-electron chi connectivity index (χ2n) is 5.89. The van der Waals surface area contributed by atoms with Crippen molar-refractivity contribution in [1.29, 1.82) is 0 Å². The fraction of sp³-hybridized carbons (Fsp3) is 0.188. The van der Waals surface area contributed by atoms with Gasteiger partial charge in [0.1, 0.15) is 5.69 Å². The van der Waals surface area contributed by atoms with E-state index < -0.39 is 27.7 Å². The standard InChI is InChI=1S/C14H14ClN5O3S.C2HF3O2/c1-2-24(22,23)19-11-3-8(5-18-14(11)21)12-6-17-13-10(16)4-9(15)7-20(12)13;3-2(4,5)1(6)7/h3-7,19H,2,16H2,1H3,(H,18,21);(H,6,7). The van der Waals surface area contributed by atoms with Gasteiger partial charge in [-0.15, -0.1) is 0 Å². The van der Waals surface area contributed by atoms with Gasteiger partial charge in [-0.3, -0.25) is 13.9 Å². The summed E-state index contributed by atoms with van der Waals surface area (Å²) < 4.78 is 59.1. The zero-order valence-electron chi connectivity index (χ0n) is 15.6. The fourth-order valence-corrected chi connectivity index (χ4v) is 3.09. The Morgan fingerprint density at radius 1 is 1.39 bits per heavy atom. The van der Waals surface area contributed by atoms with Crippen molar-refractivity contribution >= 4 is 44.6 Å². The first-order valence-corrected chi connectivity index (χ1v) is 10.2. The van der Waals surface area contributed by atoms with Crippen molar-refractivity contribution in [3.63, 3.8) is 0 Å². The maximum absolute atomic E-state index is 11.9. The molecule has 0 amide bonds. The number of rotatable bonds is 4. The van der Waals surface area contributed by atoms with Crippen molar-refractivity contribution < 1.29 is 31.5 Å². The third-order valence-electron chi connectivity index (χ3n) is 3.69. The van der Waals surface area contributed by atoms with Crippen LogP contribution < -0.4 is 16.0 Å². The third-order valence-corrected chi connectivity index (χ3v) is 5.19.